The molecule has 0 spiro atoms. The number of hydrogen-bond donors (Lipinski definition) is 1. The zero-order valence-corrected chi connectivity index (χ0v) is 9.39. The van der Waals surface area contributed by atoms with E-state index in [4.69, 9.17) is 14.6 Å². The lowest BCUT2D eigenvalue weighted by Gasteiger charge is -2.34. The minimum absolute atomic E-state index is 0.128. The van der Waals surface area contributed by atoms with Gasteiger partial charge < -0.3 is 14.6 Å². The number of ether oxygens (including phenoxy) is 2. The van der Waals surface area contributed by atoms with Crippen molar-refractivity contribution < 1.29 is 19.4 Å². The van der Waals surface area contributed by atoms with Gasteiger partial charge in [0.05, 0.1) is 5.92 Å². The van der Waals surface area contributed by atoms with Gasteiger partial charge >= 0.3 is 5.97 Å². The molecule has 1 fully saturated rings. The molecule has 1 aromatic carbocycles. The van der Waals surface area contributed by atoms with Crippen LogP contribution >= 0.6 is 0 Å². The number of benzene rings is 1. The lowest BCUT2D eigenvalue weighted by Crippen LogP contribution is -2.31. The van der Waals surface area contributed by atoms with Crippen LogP contribution in [-0.2, 0) is 4.79 Å². The van der Waals surface area contributed by atoms with Gasteiger partial charge in [-0.2, -0.15) is 0 Å². The summed E-state index contributed by atoms with van der Waals surface area (Å²) in [4.78, 5) is 11.0. The lowest BCUT2D eigenvalue weighted by atomic mass is 9.70. The van der Waals surface area contributed by atoms with Crippen LogP contribution < -0.4 is 9.47 Å². The summed E-state index contributed by atoms with van der Waals surface area (Å²) < 4.78 is 10.9. The summed E-state index contributed by atoms with van der Waals surface area (Å²) in [6, 6.07) is 5.75. The average molecular weight is 234 g/mol. The fourth-order valence-electron chi connectivity index (χ4n) is 2.49. The van der Waals surface area contributed by atoms with Crippen LogP contribution in [0.4, 0.5) is 0 Å². The molecule has 2 atom stereocenters. The van der Waals surface area contributed by atoms with Gasteiger partial charge in [0.2, 0.25) is 0 Å². The van der Waals surface area contributed by atoms with E-state index in [0.29, 0.717) is 13.2 Å². The van der Waals surface area contributed by atoms with Crippen molar-refractivity contribution in [1.29, 1.82) is 0 Å². The Kier molecular flexibility index (Phi) is 2.42. The SMILES string of the molecule is O=C(O)C1CCC1c1ccc2c(c1)OCCO2. The fourth-order valence-corrected chi connectivity index (χ4v) is 2.49. The maximum atomic E-state index is 11.0. The lowest BCUT2D eigenvalue weighted by molar-refractivity contribution is -0.145. The highest BCUT2D eigenvalue weighted by Gasteiger charge is 2.37. The van der Waals surface area contributed by atoms with E-state index in [1.165, 1.54) is 0 Å². The van der Waals surface area contributed by atoms with Crippen LogP contribution in [0.2, 0.25) is 0 Å². The maximum absolute atomic E-state index is 11.0. The topological polar surface area (TPSA) is 55.8 Å². The third kappa shape index (κ3) is 1.73. The van der Waals surface area contributed by atoms with E-state index in [9.17, 15) is 4.79 Å². The number of carbonyl (C=O) groups is 1. The molecule has 1 aromatic rings. The smallest absolute Gasteiger partial charge is 0.307 e. The highest BCUT2D eigenvalue weighted by atomic mass is 16.6. The van der Waals surface area contributed by atoms with Gasteiger partial charge in [0.1, 0.15) is 13.2 Å². The van der Waals surface area contributed by atoms with E-state index >= 15 is 0 Å². The molecule has 0 aromatic heterocycles. The Hall–Kier alpha value is -1.71. The minimum atomic E-state index is -0.698. The molecule has 1 aliphatic heterocycles. The Morgan fingerprint density at radius 2 is 1.94 bits per heavy atom. The third-order valence-electron chi connectivity index (χ3n) is 3.59. The van der Waals surface area contributed by atoms with E-state index in [-0.39, 0.29) is 11.8 Å². The van der Waals surface area contributed by atoms with E-state index in [1.807, 2.05) is 18.2 Å². The molecule has 1 saturated carbocycles. The molecule has 1 heterocycles. The molecule has 1 N–H and O–H groups in total. The van der Waals surface area contributed by atoms with Gasteiger partial charge in [-0.05, 0) is 36.5 Å². The molecule has 0 radical (unpaired) electrons. The van der Waals surface area contributed by atoms with Crippen LogP contribution in [0.15, 0.2) is 18.2 Å². The van der Waals surface area contributed by atoms with Gasteiger partial charge in [0.15, 0.2) is 11.5 Å². The number of carboxylic acid groups (broad SMARTS) is 1. The number of fused-ring (bicyclic) bond motifs is 1. The van der Waals surface area contributed by atoms with Gasteiger partial charge in [-0.25, -0.2) is 0 Å². The predicted molar refractivity (Wildman–Crippen MR) is 60.5 cm³/mol. The van der Waals surface area contributed by atoms with Crippen molar-refractivity contribution in [3.63, 3.8) is 0 Å². The second-order valence-electron chi connectivity index (χ2n) is 4.53. The van der Waals surface area contributed by atoms with Crippen LogP contribution in [0.25, 0.3) is 0 Å². The summed E-state index contributed by atoms with van der Waals surface area (Å²) in [5.41, 5.74) is 1.05. The highest BCUT2D eigenvalue weighted by Crippen LogP contribution is 2.45. The van der Waals surface area contributed by atoms with Crippen molar-refractivity contribution in [3.8, 4) is 11.5 Å². The monoisotopic (exact) mass is 234 g/mol. The van der Waals surface area contributed by atoms with Crippen molar-refractivity contribution >= 4 is 5.97 Å². The second kappa shape index (κ2) is 3.95. The third-order valence-corrected chi connectivity index (χ3v) is 3.59. The summed E-state index contributed by atoms with van der Waals surface area (Å²) in [6.07, 6.45) is 1.71. The number of rotatable bonds is 2. The molecule has 1 aliphatic carbocycles. The van der Waals surface area contributed by atoms with E-state index in [1.54, 1.807) is 0 Å². The molecule has 2 unspecified atom stereocenters. The Labute approximate surface area is 99.2 Å². The molecule has 17 heavy (non-hydrogen) atoms. The van der Waals surface area contributed by atoms with Gasteiger partial charge in [-0.3, -0.25) is 4.79 Å². The molecule has 4 heteroatoms. The van der Waals surface area contributed by atoms with E-state index in [0.717, 1.165) is 29.9 Å². The van der Waals surface area contributed by atoms with Crippen LogP contribution in [0, 0.1) is 5.92 Å². The summed E-state index contributed by atoms with van der Waals surface area (Å²) >= 11 is 0. The molecule has 0 saturated heterocycles. The highest BCUT2D eigenvalue weighted by molar-refractivity contribution is 5.72. The Balaban J connectivity index is 1.86. The normalized spacial score (nSPS) is 26.1. The maximum Gasteiger partial charge on any atom is 0.307 e. The zero-order valence-electron chi connectivity index (χ0n) is 9.39. The summed E-state index contributed by atoms with van der Waals surface area (Å²) in [5, 5.41) is 9.05. The van der Waals surface area contributed by atoms with Crippen LogP contribution in [0.1, 0.15) is 24.3 Å². The first-order chi connectivity index (χ1) is 8.25. The molecule has 2 aliphatic rings. The first-order valence-electron chi connectivity index (χ1n) is 5.88. The summed E-state index contributed by atoms with van der Waals surface area (Å²) in [7, 11) is 0. The van der Waals surface area contributed by atoms with Crippen molar-refractivity contribution in [1.82, 2.24) is 0 Å². The number of aliphatic carboxylic acids is 1. The quantitative estimate of drug-likeness (QED) is 0.850. The Bertz CT molecular complexity index is 455. The summed E-state index contributed by atoms with van der Waals surface area (Å²) in [5.74, 6) is 0.688. The number of hydrogen-bond acceptors (Lipinski definition) is 3. The van der Waals surface area contributed by atoms with Gasteiger partial charge in [0, 0.05) is 0 Å². The molecular weight excluding hydrogens is 220 g/mol. The van der Waals surface area contributed by atoms with Gasteiger partial charge in [0.25, 0.3) is 0 Å². The van der Waals surface area contributed by atoms with Crippen molar-refractivity contribution in [2.24, 2.45) is 5.92 Å². The van der Waals surface area contributed by atoms with Gasteiger partial charge in [-0.1, -0.05) is 6.07 Å². The van der Waals surface area contributed by atoms with E-state index < -0.39 is 5.97 Å². The Morgan fingerprint density at radius 1 is 1.18 bits per heavy atom. The van der Waals surface area contributed by atoms with Crippen LogP contribution in [-0.4, -0.2) is 24.3 Å². The molecule has 4 nitrogen and oxygen atoms in total. The predicted octanol–water partition coefficient (Wildman–Crippen LogP) is 2.04. The molecule has 0 amide bonds. The van der Waals surface area contributed by atoms with Crippen molar-refractivity contribution in [2.45, 2.75) is 18.8 Å². The van der Waals surface area contributed by atoms with Crippen molar-refractivity contribution in [3.05, 3.63) is 23.8 Å². The zero-order chi connectivity index (χ0) is 11.8. The molecule has 3 rings (SSSR count). The fraction of sp³-hybridized carbons (Fsp3) is 0.462. The van der Waals surface area contributed by atoms with Gasteiger partial charge in [-0.15, -0.1) is 0 Å². The first-order valence-corrected chi connectivity index (χ1v) is 5.88. The standard InChI is InChI=1S/C13H14O4/c14-13(15)10-3-2-9(10)8-1-4-11-12(7-8)17-6-5-16-11/h1,4,7,9-10H,2-3,5-6H2,(H,14,15). The van der Waals surface area contributed by atoms with Crippen LogP contribution in [0.5, 0.6) is 11.5 Å². The first kappa shape index (κ1) is 10.4. The Morgan fingerprint density at radius 3 is 2.59 bits per heavy atom. The van der Waals surface area contributed by atoms with E-state index in [2.05, 4.69) is 0 Å². The largest absolute Gasteiger partial charge is 0.486 e. The average Bonchev–Trinajstić information content (AvgIpc) is 2.26. The summed E-state index contributed by atoms with van der Waals surface area (Å²) in [6.45, 7) is 1.14. The second-order valence-corrected chi connectivity index (χ2v) is 4.53. The molecular formula is C13H14O4. The number of carboxylic acids is 1. The molecule has 90 valence electrons. The van der Waals surface area contributed by atoms with Crippen LogP contribution in [0.3, 0.4) is 0 Å². The van der Waals surface area contributed by atoms with Crippen molar-refractivity contribution in [2.75, 3.05) is 13.2 Å². The molecule has 0 bridgehead atoms. The minimum Gasteiger partial charge on any atom is -0.486 e.